The van der Waals surface area contributed by atoms with Gasteiger partial charge in [-0.25, -0.2) is 4.99 Å². The molecule has 0 atom stereocenters. The Morgan fingerprint density at radius 2 is 1.83 bits per heavy atom. The summed E-state index contributed by atoms with van der Waals surface area (Å²) in [4.78, 5) is 16.8. The molecular weight excluding hydrogens is 372 g/mol. The van der Waals surface area contributed by atoms with E-state index >= 15 is 0 Å². The molecule has 2 heterocycles. The molecule has 4 rings (SSSR count). The third-order valence-corrected chi connectivity index (χ3v) is 4.64. The number of carbonyl (C=O) groups excluding carboxylic acids is 1. The van der Waals surface area contributed by atoms with Crippen LogP contribution in [0.3, 0.4) is 0 Å². The Balaban J connectivity index is 1.54. The van der Waals surface area contributed by atoms with Crippen LogP contribution in [0.4, 0.5) is 0 Å². The smallest absolute Gasteiger partial charge is 0.275 e. The number of fused-ring (bicyclic) bond motifs is 1. The summed E-state index contributed by atoms with van der Waals surface area (Å²) in [6, 6.07) is 11.2. The second kappa shape index (κ2) is 8.26. The van der Waals surface area contributed by atoms with E-state index in [9.17, 15) is 4.79 Å². The van der Waals surface area contributed by atoms with E-state index in [0.717, 1.165) is 23.3 Å². The van der Waals surface area contributed by atoms with Gasteiger partial charge in [-0.2, -0.15) is 0 Å². The summed E-state index contributed by atoms with van der Waals surface area (Å²) in [5.74, 6) is 3.06. The Labute approximate surface area is 168 Å². The highest BCUT2D eigenvalue weighted by molar-refractivity contribution is 6.14. The first-order valence-corrected chi connectivity index (χ1v) is 9.37. The Hall–Kier alpha value is -3.48. The molecule has 2 aliphatic rings. The molecule has 0 fully saturated rings. The summed E-state index contributed by atoms with van der Waals surface area (Å²) >= 11 is 0. The third-order valence-electron chi connectivity index (χ3n) is 4.64. The quantitative estimate of drug-likeness (QED) is 0.789. The second-order valence-corrected chi connectivity index (χ2v) is 6.66. The van der Waals surface area contributed by atoms with Crippen LogP contribution in [0.1, 0.15) is 17.5 Å². The summed E-state index contributed by atoms with van der Waals surface area (Å²) in [5, 5.41) is 2.83. The van der Waals surface area contributed by atoms with Gasteiger partial charge in [-0.1, -0.05) is 12.1 Å². The maximum Gasteiger partial charge on any atom is 0.275 e. The van der Waals surface area contributed by atoms with Gasteiger partial charge >= 0.3 is 0 Å². The van der Waals surface area contributed by atoms with Crippen LogP contribution in [0, 0.1) is 0 Å². The molecule has 150 valence electrons. The average Bonchev–Trinajstić information content (AvgIpc) is 2.92. The Bertz CT molecular complexity index is 997. The number of ether oxygens (including phenoxy) is 4. The Kier molecular flexibility index (Phi) is 5.37. The number of benzene rings is 2. The molecular formula is C22H22N2O5. The van der Waals surface area contributed by atoms with Crippen molar-refractivity contribution in [2.45, 2.75) is 12.8 Å². The van der Waals surface area contributed by atoms with Crippen LogP contribution in [0.25, 0.3) is 6.08 Å². The Morgan fingerprint density at radius 1 is 1.03 bits per heavy atom. The zero-order valence-corrected chi connectivity index (χ0v) is 16.4. The first-order chi connectivity index (χ1) is 14.2. The van der Waals surface area contributed by atoms with Crippen molar-refractivity contribution >= 4 is 17.8 Å². The lowest BCUT2D eigenvalue weighted by molar-refractivity contribution is -0.115. The molecule has 0 radical (unpaired) electrons. The van der Waals surface area contributed by atoms with E-state index in [4.69, 9.17) is 18.9 Å². The number of hydrogen-bond donors (Lipinski definition) is 1. The summed E-state index contributed by atoms with van der Waals surface area (Å²) in [5.41, 5.74) is 2.14. The first kappa shape index (κ1) is 18.9. The fraction of sp³-hybridized carbons (Fsp3) is 0.273. The van der Waals surface area contributed by atoms with Crippen molar-refractivity contribution in [2.75, 3.05) is 27.4 Å². The topological polar surface area (TPSA) is 78.4 Å². The van der Waals surface area contributed by atoms with Crippen LogP contribution in [-0.4, -0.2) is 39.2 Å². The molecule has 7 heteroatoms. The second-order valence-electron chi connectivity index (χ2n) is 6.66. The van der Waals surface area contributed by atoms with Crippen LogP contribution < -0.4 is 24.3 Å². The molecule has 0 saturated heterocycles. The summed E-state index contributed by atoms with van der Waals surface area (Å²) in [7, 11) is 3.18. The molecule has 0 aliphatic carbocycles. The lowest BCUT2D eigenvalue weighted by Gasteiger charge is -2.09. The van der Waals surface area contributed by atoms with E-state index in [0.29, 0.717) is 48.4 Å². The molecule has 7 nitrogen and oxygen atoms in total. The SMILES string of the molecule is COc1ccc(CC2=N/C(=C/c3ccc4c(c3)OCCCO4)C(=O)N2)cc1OC. The number of methoxy groups -OCH3 is 2. The average molecular weight is 394 g/mol. The van der Waals surface area contributed by atoms with Crippen molar-refractivity contribution in [3.63, 3.8) is 0 Å². The molecule has 1 amide bonds. The molecule has 0 unspecified atom stereocenters. The standard InChI is InChI=1S/C22H22N2O5/c1-26-17-6-4-15(11-19(17)27-2)13-21-23-16(22(25)24-21)10-14-5-7-18-20(12-14)29-9-3-8-28-18/h4-7,10-12H,3,8-9,13H2,1-2H3,(H,23,24,25)/b16-10+. The summed E-state index contributed by atoms with van der Waals surface area (Å²) in [6.07, 6.45) is 3.06. The van der Waals surface area contributed by atoms with Crippen LogP contribution in [0.2, 0.25) is 0 Å². The van der Waals surface area contributed by atoms with E-state index in [1.807, 2.05) is 36.4 Å². The number of nitrogens with zero attached hydrogens (tertiary/aromatic N) is 1. The Morgan fingerprint density at radius 3 is 2.62 bits per heavy atom. The number of nitrogens with one attached hydrogen (secondary N) is 1. The van der Waals surface area contributed by atoms with Gasteiger partial charge in [0, 0.05) is 12.8 Å². The van der Waals surface area contributed by atoms with Gasteiger partial charge in [-0.3, -0.25) is 4.79 Å². The molecule has 2 aromatic carbocycles. The molecule has 2 aromatic rings. The highest BCUT2D eigenvalue weighted by Gasteiger charge is 2.21. The maximum atomic E-state index is 12.4. The molecule has 29 heavy (non-hydrogen) atoms. The molecule has 1 N–H and O–H groups in total. The number of aliphatic imine (C=N–C) groups is 1. The number of amidine groups is 1. The highest BCUT2D eigenvalue weighted by Crippen LogP contribution is 2.31. The van der Waals surface area contributed by atoms with Gasteiger partial charge in [-0.15, -0.1) is 0 Å². The predicted molar refractivity (Wildman–Crippen MR) is 109 cm³/mol. The van der Waals surface area contributed by atoms with Crippen molar-refractivity contribution in [2.24, 2.45) is 4.99 Å². The minimum absolute atomic E-state index is 0.229. The van der Waals surface area contributed by atoms with Gasteiger partial charge in [0.05, 0.1) is 27.4 Å². The van der Waals surface area contributed by atoms with Gasteiger partial charge in [0.25, 0.3) is 5.91 Å². The van der Waals surface area contributed by atoms with Gasteiger partial charge < -0.3 is 24.3 Å². The zero-order chi connectivity index (χ0) is 20.2. The molecule has 0 bridgehead atoms. The van der Waals surface area contributed by atoms with Crippen LogP contribution in [0.15, 0.2) is 47.1 Å². The van der Waals surface area contributed by atoms with E-state index in [-0.39, 0.29) is 5.91 Å². The molecule has 0 spiro atoms. The molecule has 0 aromatic heterocycles. The summed E-state index contributed by atoms with van der Waals surface area (Å²) in [6.45, 7) is 1.25. The van der Waals surface area contributed by atoms with Crippen molar-refractivity contribution in [3.05, 3.63) is 53.2 Å². The largest absolute Gasteiger partial charge is 0.493 e. The normalized spacial score (nSPS) is 16.8. The van der Waals surface area contributed by atoms with Crippen LogP contribution >= 0.6 is 0 Å². The fourth-order valence-electron chi connectivity index (χ4n) is 3.21. The van der Waals surface area contributed by atoms with Gasteiger partial charge in [0.1, 0.15) is 11.5 Å². The highest BCUT2D eigenvalue weighted by atomic mass is 16.5. The van der Waals surface area contributed by atoms with E-state index in [1.165, 1.54) is 0 Å². The van der Waals surface area contributed by atoms with Crippen molar-refractivity contribution in [1.82, 2.24) is 5.32 Å². The van der Waals surface area contributed by atoms with Crippen molar-refractivity contribution in [1.29, 1.82) is 0 Å². The number of carbonyl (C=O) groups is 1. The lowest BCUT2D eigenvalue weighted by atomic mass is 10.1. The minimum atomic E-state index is -0.229. The number of hydrogen-bond acceptors (Lipinski definition) is 6. The maximum absolute atomic E-state index is 12.4. The van der Waals surface area contributed by atoms with E-state index < -0.39 is 0 Å². The molecule has 0 saturated carbocycles. The van der Waals surface area contributed by atoms with E-state index in [1.54, 1.807) is 20.3 Å². The van der Waals surface area contributed by atoms with E-state index in [2.05, 4.69) is 10.3 Å². The summed E-state index contributed by atoms with van der Waals surface area (Å²) < 4.78 is 21.9. The molecule has 2 aliphatic heterocycles. The zero-order valence-electron chi connectivity index (χ0n) is 16.4. The van der Waals surface area contributed by atoms with Crippen LogP contribution in [0.5, 0.6) is 23.0 Å². The minimum Gasteiger partial charge on any atom is -0.493 e. The first-order valence-electron chi connectivity index (χ1n) is 9.37. The van der Waals surface area contributed by atoms with Gasteiger partial charge in [0.2, 0.25) is 0 Å². The monoisotopic (exact) mass is 394 g/mol. The van der Waals surface area contributed by atoms with Gasteiger partial charge in [0.15, 0.2) is 23.0 Å². The number of rotatable bonds is 5. The van der Waals surface area contributed by atoms with Gasteiger partial charge in [-0.05, 0) is 41.5 Å². The van der Waals surface area contributed by atoms with Crippen molar-refractivity contribution in [3.8, 4) is 23.0 Å². The van der Waals surface area contributed by atoms with Crippen LogP contribution in [-0.2, 0) is 11.2 Å². The fourth-order valence-corrected chi connectivity index (χ4v) is 3.21. The predicted octanol–water partition coefficient (Wildman–Crippen LogP) is 2.98. The third kappa shape index (κ3) is 4.18. The number of amides is 1. The lowest BCUT2D eigenvalue weighted by Crippen LogP contribution is -2.25. The van der Waals surface area contributed by atoms with Crippen molar-refractivity contribution < 1.29 is 23.7 Å².